The Kier molecular flexibility index (Phi) is 2.59. The molecule has 0 bridgehead atoms. The summed E-state index contributed by atoms with van der Waals surface area (Å²) in [5, 5.41) is 3.98. The molecule has 0 radical (unpaired) electrons. The first kappa shape index (κ1) is 9.60. The fourth-order valence-electron chi connectivity index (χ4n) is 1.06. The van der Waals surface area contributed by atoms with Gasteiger partial charge in [0.2, 0.25) is 0 Å². The van der Waals surface area contributed by atoms with Crippen LogP contribution in [0.1, 0.15) is 5.69 Å². The van der Waals surface area contributed by atoms with Crippen LogP contribution in [0.4, 0.5) is 0 Å². The molecule has 2 rings (SSSR count). The van der Waals surface area contributed by atoms with E-state index in [-0.39, 0.29) is 0 Å². The Bertz CT molecular complexity index is 436. The van der Waals surface area contributed by atoms with Gasteiger partial charge in [0.25, 0.3) is 0 Å². The molecule has 0 aliphatic carbocycles. The molecule has 2 heterocycles. The topological polar surface area (TPSA) is 78.9 Å². The second-order valence-corrected chi connectivity index (χ2v) is 2.99. The molecule has 0 aliphatic heterocycles. The molecule has 0 amide bonds. The van der Waals surface area contributed by atoms with Crippen LogP contribution >= 0.6 is 0 Å². The van der Waals surface area contributed by atoms with Crippen molar-refractivity contribution in [2.45, 2.75) is 6.54 Å². The molecular formula is C9H11N5O. The third kappa shape index (κ3) is 2.29. The highest BCUT2D eigenvalue weighted by molar-refractivity contribution is 5.22. The Labute approximate surface area is 86.7 Å². The maximum Gasteiger partial charge on any atom is 0.341 e. The first-order valence-electron chi connectivity index (χ1n) is 4.46. The summed E-state index contributed by atoms with van der Waals surface area (Å²) < 4.78 is 6.92. The second kappa shape index (κ2) is 4.05. The van der Waals surface area contributed by atoms with Crippen molar-refractivity contribution in [2.75, 3.05) is 0 Å². The van der Waals surface area contributed by atoms with Gasteiger partial charge in [0.1, 0.15) is 12.1 Å². The Morgan fingerprint density at radius 2 is 2.27 bits per heavy atom. The second-order valence-electron chi connectivity index (χ2n) is 2.99. The van der Waals surface area contributed by atoms with Gasteiger partial charge in [-0.1, -0.05) is 0 Å². The van der Waals surface area contributed by atoms with Crippen LogP contribution in [0.3, 0.4) is 0 Å². The lowest BCUT2D eigenvalue weighted by molar-refractivity contribution is 0.436. The van der Waals surface area contributed by atoms with Gasteiger partial charge < -0.3 is 10.5 Å². The maximum absolute atomic E-state index is 5.42. The summed E-state index contributed by atoms with van der Waals surface area (Å²) in [5.41, 5.74) is 6.24. The SMILES string of the molecule is Cn1cnc(Oc2ccc(CN)nc2)n1. The van der Waals surface area contributed by atoms with Gasteiger partial charge in [-0.05, 0) is 12.1 Å². The third-order valence-electron chi connectivity index (χ3n) is 1.79. The summed E-state index contributed by atoms with van der Waals surface area (Å²) in [6.45, 7) is 0.419. The minimum Gasteiger partial charge on any atom is -0.422 e. The van der Waals surface area contributed by atoms with Crippen molar-refractivity contribution in [3.63, 3.8) is 0 Å². The molecule has 15 heavy (non-hydrogen) atoms. The molecule has 2 N–H and O–H groups in total. The normalized spacial score (nSPS) is 10.3. The lowest BCUT2D eigenvalue weighted by atomic mass is 10.3. The number of pyridine rings is 1. The van der Waals surface area contributed by atoms with Gasteiger partial charge in [0.05, 0.1) is 11.9 Å². The van der Waals surface area contributed by atoms with Gasteiger partial charge in [0, 0.05) is 13.6 Å². The lowest BCUT2D eigenvalue weighted by Crippen LogP contribution is -1.99. The number of rotatable bonds is 3. The molecule has 0 atom stereocenters. The molecule has 6 nitrogen and oxygen atoms in total. The molecule has 0 unspecified atom stereocenters. The summed E-state index contributed by atoms with van der Waals surface area (Å²) >= 11 is 0. The minimum atomic E-state index is 0.305. The molecular weight excluding hydrogens is 194 g/mol. The highest BCUT2D eigenvalue weighted by Crippen LogP contribution is 2.15. The Morgan fingerprint density at radius 1 is 1.40 bits per heavy atom. The van der Waals surface area contributed by atoms with E-state index in [9.17, 15) is 0 Å². The van der Waals surface area contributed by atoms with E-state index in [0.29, 0.717) is 18.3 Å². The molecule has 0 saturated heterocycles. The van der Waals surface area contributed by atoms with E-state index in [4.69, 9.17) is 10.5 Å². The number of ether oxygens (including phenoxy) is 1. The van der Waals surface area contributed by atoms with Gasteiger partial charge in [-0.2, -0.15) is 4.98 Å². The van der Waals surface area contributed by atoms with Gasteiger partial charge >= 0.3 is 6.01 Å². The van der Waals surface area contributed by atoms with E-state index < -0.39 is 0 Å². The molecule has 0 aliphatic rings. The zero-order valence-corrected chi connectivity index (χ0v) is 8.29. The number of hydrogen-bond donors (Lipinski definition) is 1. The monoisotopic (exact) mass is 205 g/mol. The molecule has 0 saturated carbocycles. The fourth-order valence-corrected chi connectivity index (χ4v) is 1.06. The molecule has 78 valence electrons. The van der Waals surface area contributed by atoms with Crippen LogP contribution in [-0.4, -0.2) is 19.7 Å². The largest absolute Gasteiger partial charge is 0.422 e. The number of nitrogens with zero attached hydrogens (tertiary/aromatic N) is 4. The summed E-state index contributed by atoms with van der Waals surface area (Å²) in [6, 6.07) is 3.89. The summed E-state index contributed by atoms with van der Waals surface area (Å²) in [6.07, 6.45) is 3.16. The van der Waals surface area contributed by atoms with Crippen LogP contribution in [0.2, 0.25) is 0 Å². The fraction of sp³-hybridized carbons (Fsp3) is 0.222. The molecule has 0 fully saturated rings. The van der Waals surface area contributed by atoms with E-state index in [1.807, 2.05) is 0 Å². The summed E-state index contributed by atoms with van der Waals surface area (Å²) in [7, 11) is 1.77. The van der Waals surface area contributed by atoms with Crippen molar-refractivity contribution >= 4 is 0 Å². The lowest BCUT2D eigenvalue weighted by Gasteiger charge is -2.00. The molecule has 2 aromatic rings. The van der Waals surface area contributed by atoms with E-state index in [2.05, 4.69) is 15.1 Å². The van der Waals surface area contributed by atoms with E-state index in [1.165, 1.54) is 0 Å². The molecule has 2 aromatic heterocycles. The van der Waals surface area contributed by atoms with Gasteiger partial charge in [-0.25, -0.2) is 0 Å². The maximum atomic E-state index is 5.42. The zero-order valence-electron chi connectivity index (χ0n) is 8.29. The molecule has 0 spiro atoms. The van der Waals surface area contributed by atoms with Gasteiger partial charge in [-0.15, -0.1) is 5.10 Å². The van der Waals surface area contributed by atoms with Crippen molar-refractivity contribution < 1.29 is 4.74 Å². The Balaban J connectivity index is 2.11. The third-order valence-corrected chi connectivity index (χ3v) is 1.79. The van der Waals surface area contributed by atoms with Gasteiger partial charge in [0.15, 0.2) is 0 Å². The zero-order chi connectivity index (χ0) is 10.7. The Hall–Kier alpha value is -1.95. The highest BCUT2D eigenvalue weighted by Gasteiger charge is 2.01. The quantitative estimate of drug-likeness (QED) is 0.787. The molecule has 6 heteroatoms. The molecule has 0 aromatic carbocycles. The van der Waals surface area contributed by atoms with Crippen LogP contribution in [0.25, 0.3) is 0 Å². The smallest absolute Gasteiger partial charge is 0.341 e. The summed E-state index contributed by atoms with van der Waals surface area (Å²) in [4.78, 5) is 8.02. The van der Waals surface area contributed by atoms with Crippen molar-refractivity contribution in [2.24, 2.45) is 12.8 Å². The van der Waals surface area contributed by atoms with Crippen molar-refractivity contribution in [3.8, 4) is 11.8 Å². The van der Waals surface area contributed by atoms with Crippen LogP contribution in [0, 0.1) is 0 Å². The standard InChI is InChI=1S/C9H11N5O/c1-14-6-12-9(13-14)15-8-3-2-7(4-10)11-5-8/h2-3,5-6H,4,10H2,1H3. The van der Waals surface area contributed by atoms with Crippen LogP contribution in [-0.2, 0) is 13.6 Å². The van der Waals surface area contributed by atoms with Crippen molar-refractivity contribution in [1.82, 2.24) is 19.7 Å². The predicted octanol–water partition coefficient (Wildman–Crippen LogP) is 0.461. The predicted molar refractivity (Wildman–Crippen MR) is 53.2 cm³/mol. The van der Waals surface area contributed by atoms with Crippen molar-refractivity contribution in [1.29, 1.82) is 0 Å². The first-order chi connectivity index (χ1) is 7.28. The number of aryl methyl sites for hydroxylation is 1. The minimum absolute atomic E-state index is 0.305. The van der Waals surface area contributed by atoms with E-state index >= 15 is 0 Å². The first-order valence-corrected chi connectivity index (χ1v) is 4.46. The average molecular weight is 205 g/mol. The summed E-state index contributed by atoms with van der Waals surface area (Å²) in [5.74, 6) is 0.596. The van der Waals surface area contributed by atoms with Crippen LogP contribution in [0.5, 0.6) is 11.8 Å². The number of nitrogens with two attached hydrogens (primary N) is 1. The highest BCUT2D eigenvalue weighted by atomic mass is 16.5. The van der Waals surface area contributed by atoms with Gasteiger partial charge in [-0.3, -0.25) is 9.67 Å². The van der Waals surface area contributed by atoms with Crippen LogP contribution < -0.4 is 10.5 Å². The Morgan fingerprint density at radius 3 is 2.80 bits per heavy atom. The van der Waals surface area contributed by atoms with Crippen molar-refractivity contribution in [3.05, 3.63) is 30.4 Å². The average Bonchev–Trinajstić information content (AvgIpc) is 2.65. The van der Waals surface area contributed by atoms with E-state index in [0.717, 1.165) is 5.69 Å². The van der Waals surface area contributed by atoms with E-state index in [1.54, 1.807) is 36.4 Å². The number of hydrogen-bond acceptors (Lipinski definition) is 5. The van der Waals surface area contributed by atoms with Crippen LogP contribution in [0.15, 0.2) is 24.7 Å². The number of aromatic nitrogens is 4.